The standard InChI is InChI=1S/C29H32F3NO5/c1-25-9-8-19(35)10-20(25)21(31)11-22-26(2)12-16-14-33(18-6-4-17(30)5-7-18)38-29(16,24(37)15-34)27(26,3)13-23(36)28(22,25)32/h4-10,16,21-23,34,36H,11-15H2,1-3H3/t16-,21-,22-,23-,25-,26-,27-,28-,29-/m0/s1. The highest BCUT2D eigenvalue weighted by atomic mass is 19.1. The summed E-state index contributed by atoms with van der Waals surface area (Å²) < 4.78 is 47.0. The predicted molar refractivity (Wildman–Crippen MR) is 132 cm³/mol. The highest BCUT2D eigenvalue weighted by molar-refractivity contribution is 6.01. The maximum absolute atomic E-state index is 17.6. The molecular weight excluding hydrogens is 499 g/mol. The lowest BCUT2D eigenvalue weighted by Gasteiger charge is -2.67. The molecule has 0 radical (unpaired) electrons. The third kappa shape index (κ3) is 2.75. The molecule has 3 saturated carbocycles. The second-order valence-electron chi connectivity index (χ2n) is 12.4. The van der Waals surface area contributed by atoms with Crippen molar-refractivity contribution < 1.29 is 37.8 Å². The summed E-state index contributed by atoms with van der Waals surface area (Å²) in [5.74, 6) is -2.93. The topological polar surface area (TPSA) is 87.1 Å². The molecule has 5 aliphatic rings. The number of rotatable bonds is 3. The SMILES string of the molecule is C[C@]12C[C@H](O)[C@@]3(F)[C@@H](C[C@H](F)C4=CC(=O)C=C[C@@]43C)[C@]1(C)C[C@H]1CN(c3ccc(F)cc3)O[C@]12C(=O)CO. The molecule has 0 spiro atoms. The van der Waals surface area contributed by atoms with Gasteiger partial charge in [0.05, 0.1) is 18.3 Å². The fraction of sp³-hybridized carbons (Fsp3) is 0.586. The van der Waals surface area contributed by atoms with Crippen LogP contribution in [0.5, 0.6) is 0 Å². The maximum Gasteiger partial charge on any atom is 0.193 e. The second-order valence-corrected chi connectivity index (χ2v) is 12.4. The van der Waals surface area contributed by atoms with Crippen LogP contribution in [0.3, 0.4) is 0 Å². The molecule has 204 valence electrons. The van der Waals surface area contributed by atoms with Gasteiger partial charge in [-0.05, 0) is 73.6 Å². The number of hydrogen-bond acceptors (Lipinski definition) is 6. The summed E-state index contributed by atoms with van der Waals surface area (Å²) >= 11 is 0. The van der Waals surface area contributed by atoms with Crippen molar-refractivity contribution in [1.29, 1.82) is 0 Å². The molecule has 6 nitrogen and oxygen atoms in total. The fourth-order valence-electron chi connectivity index (χ4n) is 9.08. The molecule has 4 aliphatic carbocycles. The minimum Gasteiger partial charge on any atom is -0.390 e. The van der Waals surface area contributed by atoms with Crippen LogP contribution in [0, 0.1) is 33.9 Å². The number of Topliss-reactive ketones (excluding diaryl/α,β-unsaturated/α-hetero) is 1. The normalized spacial score (nSPS) is 47.2. The molecular formula is C29H32F3NO5. The van der Waals surface area contributed by atoms with E-state index < -0.39 is 75.6 Å². The van der Waals surface area contributed by atoms with Crippen molar-refractivity contribution >= 4 is 17.3 Å². The maximum atomic E-state index is 17.6. The lowest BCUT2D eigenvalue weighted by Crippen LogP contribution is -2.73. The van der Waals surface area contributed by atoms with Crippen LogP contribution in [0.2, 0.25) is 0 Å². The summed E-state index contributed by atoms with van der Waals surface area (Å²) in [7, 11) is 0. The highest BCUT2D eigenvalue weighted by Gasteiger charge is 2.83. The Labute approximate surface area is 219 Å². The van der Waals surface area contributed by atoms with Crippen molar-refractivity contribution in [3.8, 4) is 0 Å². The third-order valence-electron chi connectivity index (χ3n) is 11.1. The fourth-order valence-corrected chi connectivity index (χ4v) is 9.08. The summed E-state index contributed by atoms with van der Waals surface area (Å²) in [5, 5.41) is 23.2. The molecule has 2 N–H and O–H groups in total. The molecule has 1 aliphatic heterocycles. The molecule has 1 saturated heterocycles. The van der Waals surface area contributed by atoms with E-state index in [1.807, 2.05) is 6.92 Å². The molecule has 1 aromatic rings. The molecule has 9 atom stereocenters. The molecule has 1 heterocycles. The van der Waals surface area contributed by atoms with Gasteiger partial charge in [0.15, 0.2) is 22.8 Å². The molecule has 4 fully saturated rings. The Bertz CT molecular complexity index is 1280. The first-order valence-corrected chi connectivity index (χ1v) is 13.1. The average Bonchev–Trinajstić information content (AvgIpc) is 3.34. The van der Waals surface area contributed by atoms with Crippen molar-refractivity contribution in [2.24, 2.45) is 28.1 Å². The van der Waals surface area contributed by atoms with E-state index in [1.54, 1.807) is 6.92 Å². The molecule has 9 heteroatoms. The molecule has 0 aromatic heterocycles. The number of anilines is 1. The van der Waals surface area contributed by atoms with Gasteiger partial charge in [0.25, 0.3) is 0 Å². The lowest BCUT2D eigenvalue weighted by atomic mass is 9.39. The largest absolute Gasteiger partial charge is 0.390 e. The van der Waals surface area contributed by atoms with E-state index in [0.29, 0.717) is 12.1 Å². The zero-order chi connectivity index (χ0) is 27.5. The number of nitrogens with zero attached hydrogens (tertiary/aromatic N) is 1. The van der Waals surface area contributed by atoms with E-state index in [4.69, 9.17) is 4.84 Å². The van der Waals surface area contributed by atoms with E-state index in [-0.39, 0.29) is 25.0 Å². The van der Waals surface area contributed by atoms with Crippen LogP contribution < -0.4 is 5.06 Å². The van der Waals surface area contributed by atoms with Crippen molar-refractivity contribution in [3.05, 3.63) is 53.9 Å². The number of aliphatic hydroxyl groups excluding tert-OH is 2. The highest BCUT2D eigenvalue weighted by Crippen LogP contribution is 2.77. The summed E-state index contributed by atoms with van der Waals surface area (Å²) in [6.45, 7) is 4.56. The average molecular weight is 532 g/mol. The Morgan fingerprint density at radius 1 is 1.18 bits per heavy atom. The van der Waals surface area contributed by atoms with Gasteiger partial charge < -0.3 is 10.2 Å². The van der Waals surface area contributed by atoms with Crippen LogP contribution in [0.15, 0.2) is 48.1 Å². The Balaban J connectivity index is 1.48. The van der Waals surface area contributed by atoms with Crippen LogP contribution in [0.4, 0.5) is 18.9 Å². The van der Waals surface area contributed by atoms with Gasteiger partial charge in [0.1, 0.15) is 18.6 Å². The monoisotopic (exact) mass is 531 g/mol. The van der Waals surface area contributed by atoms with E-state index >= 15 is 8.78 Å². The van der Waals surface area contributed by atoms with Crippen molar-refractivity contribution in [2.75, 3.05) is 18.2 Å². The van der Waals surface area contributed by atoms with Gasteiger partial charge in [-0.2, -0.15) is 0 Å². The molecule has 1 aromatic carbocycles. The van der Waals surface area contributed by atoms with Crippen LogP contribution in [0.25, 0.3) is 0 Å². The molecule has 6 rings (SSSR count). The first kappa shape index (κ1) is 25.8. The molecule has 0 unspecified atom stereocenters. The molecule has 0 bridgehead atoms. The quantitative estimate of drug-likeness (QED) is 0.617. The van der Waals surface area contributed by atoms with Gasteiger partial charge in [-0.25, -0.2) is 13.2 Å². The molecule has 0 amide bonds. The van der Waals surface area contributed by atoms with Crippen LogP contribution in [-0.4, -0.2) is 58.5 Å². The number of allylic oxidation sites excluding steroid dienone is 4. The number of halogens is 3. The number of fused-ring (bicyclic) bond motifs is 7. The van der Waals surface area contributed by atoms with Crippen molar-refractivity contribution in [2.45, 2.75) is 63.6 Å². The number of ketones is 2. The molecule has 38 heavy (non-hydrogen) atoms. The van der Waals surface area contributed by atoms with Crippen LogP contribution >= 0.6 is 0 Å². The first-order chi connectivity index (χ1) is 17.8. The number of alkyl halides is 2. The van der Waals surface area contributed by atoms with Crippen molar-refractivity contribution in [3.63, 3.8) is 0 Å². The third-order valence-corrected chi connectivity index (χ3v) is 11.1. The van der Waals surface area contributed by atoms with Gasteiger partial charge in [-0.3, -0.25) is 19.5 Å². The number of aliphatic hydroxyl groups is 2. The zero-order valence-electron chi connectivity index (χ0n) is 21.6. The van der Waals surface area contributed by atoms with E-state index in [9.17, 15) is 24.2 Å². The first-order valence-electron chi connectivity index (χ1n) is 13.1. The number of carbonyl (C=O) groups excluding carboxylic acids is 2. The Hall–Kier alpha value is -2.49. The zero-order valence-corrected chi connectivity index (χ0v) is 21.6. The number of hydroxylamine groups is 1. The van der Waals surface area contributed by atoms with Crippen molar-refractivity contribution in [1.82, 2.24) is 0 Å². The van der Waals surface area contributed by atoms with Gasteiger partial charge in [0.2, 0.25) is 0 Å². The number of carbonyl (C=O) groups is 2. The Morgan fingerprint density at radius 2 is 1.87 bits per heavy atom. The summed E-state index contributed by atoms with van der Waals surface area (Å²) in [5.41, 5.74) is -7.06. The van der Waals surface area contributed by atoms with Gasteiger partial charge in [0, 0.05) is 22.7 Å². The van der Waals surface area contributed by atoms with E-state index in [0.717, 1.165) is 6.08 Å². The Morgan fingerprint density at radius 3 is 2.53 bits per heavy atom. The lowest BCUT2D eigenvalue weighted by molar-refractivity contribution is -0.256. The van der Waals surface area contributed by atoms with E-state index in [2.05, 4.69) is 0 Å². The Kier molecular flexibility index (Phi) is 5.29. The predicted octanol–water partition coefficient (Wildman–Crippen LogP) is 3.81. The van der Waals surface area contributed by atoms with Crippen LogP contribution in [0.1, 0.15) is 40.0 Å². The summed E-state index contributed by atoms with van der Waals surface area (Å²) in [6.07, 6.45) is 0.431. The summed E-state index contributed by atoms with van der Waals surface area (Å²) in [6, 6.07) is 5.60. The second kappa shape index (κ2) is 7.79. The van der Waals surface area contributed by atoms with Crippen LogP contribution in [-0.2, 0) is 14.4 Å². The number of hydrogen-bond donors (Lipinski definition) is 2. The number of benzene rings is 1. The van der Waals surface area contributed by atoms with Gasteiger partial charge in [-0.1, -0.05) is 19.9 Å². The smallest absolute Gasteiger partial charge is 0.193 e. The minimum atomic E-state index is -2.30. The van der Waals surface area contributed by atoms with Gasteiger partial charge >= 0.3 is 0 Å². The minimum absolute atomic E-state index is 0.0353. The van der Waals surface area contributed by atoms with Gasteiger partial charge in [-0.15, -0.1) is 0 Å². The summed E-state index contributed by atoms with van der Waals surface area (Å²) in [4.78, 5) is 32.1. The van der Waals surface area contributed by atoms with E-state index in [1.165, 1.54) is 48.4 Å².